The predicted octanol–water partition coefficient (Wildman–Crippen LogP) is 4.03. The molecule has 0 spiro atoms. The van der Waals surface area contributed by atoms with Crippen molar-refractivity contribution in [3.63, 3.8) is 0 Å². The first-order valence-electron chi connectivity index (χ1n) is 12.3. The fourth-order valence-electron chi connectivity index (χ4n) is 3.69. The molecule has 3 aromatic rings. The van der Waals surface area contributed by atoms with Crippen molar-refractivity contribution in [1.29, 1.82) is 0 Å². The third-order valence-corrected chi connectivity index (χ3v) is 8.59. The second kappa shape index (κ2) is 13.7. The van der Waals surface area contributed by atoms with Crippen LogP contribution >= 0.6 is 0 Å². The monoisotopic (exact) mass is 575 g/mol. The number of aryl methyl sites for hydroxylation is 3. The number of anilines is 1. The number of carbonyl (C=O) groups is 1. The molecular weight excluding hydrogens is 542 g/mol. The Hall–Kier alpha value is -3.25. The smallest absolute Gasteiger partial charge is 0.305 e. The van der Waals surface area contributed by atoms with Crippen LogP contribution in [-0.4, -0.2) is 56.2 Å². The fraction of sp³-hybridized carbons (Fsp3) is 0.321. The summed E-state index contributed by atoms with van der Waals surface area (Å²) in [5.41, 5.74) is 3.41. The summed E-state index contributed by atoms with van der Waals surface area (Å²) in [6.45, 7) is 3.64. The van der Waals surface area contributed by atoms with Crippen LogP contribution in [-0.2, 0) is 44.6 Å². The Morgan fingerprint density at radius 2 is 1.23 bits per heavy atom. The zero-order valence-electron chi connectivity index (χ0n) is 22.2. The van der Waals surface area contributed by atoms with Crippen LogP contribution in [0.25, 0.3) is 0 Å². The molecule has 0 heterocycles. The summed E-state index contributed by atoms with van der Waals surface area (Å²) in [5.74, 6) is -0.332. The van der Waals surface area contributed by atoms with Crippen LogP contribution in [0.3, 0.4) is 0 Å². The maximum Gasteiger partial charge on any atom is 0.305 e. The lowest BCUT2D eigenvalue weighted by Gasteiger charge is -2.25. The van der Waals surface area contributed by atoms with Gasteiger partial charge in [-0.15, -0.1) is 0 Å². The molecule has 0 aromatic heterocycles. The van der Waals surface area contributed by atoms with E-state index < -0.39 is 20.2 Å². The summed E-state index contributed by atoms with van der Waals surface area (Å²) >= 11 is 0. The first kappa shape index (κ1) is 30.3. The maximum absolute atomic E-state index is 12.6. The Morgan fingerprint density at radius 1 is 0.744 bits per heavy atom. The molecule has 0 saturated carbocycles. The van der Waals surface area contributed by atoms with Crippen molar-refractivity contribution in [2.75, 3.05) is 38.3 Å². The number of methoxy groups -OCH3 is 1. The van der Waals surface area contributed by atoms with Crippen LogP contribution in [0.2, 0.25) is 0 Å². The van der Waals surface area contributed by atoms with Gasteiger partial charge in [0.05, 0.1) is 30.1 Å². The molecule has 0 unspecified atom stereocenters. The van der Waals surface area contributed by atoms with Gasteiger partial charge in [0.25, 0.3) is 20.2 Å². The number of benzene rings is 3. The summed E-state index contributed by atoms with van der Waals surface area (Å²) in [5, 5.41) is 0. The van der Waals surface area contributed by atoms with Crippen molar-refractivity contribution in [2.45, 2.75) is 36.5 Å². The molecule has 11 heteroatoms. The average Bonchev–Trinajstić information content (AvgIpc) is 2.91. The quantitative estimate of drug-likeness (QED) is 0.207. The number of nitrogens with zero attached hydrogens (tertiary/aromatic N) is 1. The first-order valence-corrected chi connectivity index (χ1v) is 15.1. The predicted molar refractivity (Wildman–Crippen MR) is 148 cm³/mol. The molecule has 0 N–H and O–H groups in total. The van der Waals surface area contributed by atoms with Crippen LogP contribution in [0.5, 0.6) is 0 Å². The Morgan fingerprint density at radius 3 is 1.69 bits per heavy atom. The summed E-state index contributed by atoms with van der Waals surface area (Å²) in [7, 11) is -6.62. The normalized spacial score (nSPS) is 11.8. The SMILES string of the molecule is COC(=O)CCc1cccc(N(CCOS(=O)(=O)c2ccc(C)cc2)CCOS(=O)(=O)c2ccc(C)cc2)c1. The van der Waals surface area contributed by atoms with Crippen LogP contribution < -0.4 is 4.90 Å². The molecule has 0 amide bonds. The van der Waals surface area contributed by atoms with E-state index in [1.165, 1.54) is 31.4 Å². The van der Waals surface area contributed by atoms with Crippen molar-refractivity contribution < 1.29 is 34.7 Å². The van der Waals surface area contributed by atoms with E-state index in [4.69, 9.17) is 13.1 Å². The second-order valence-electron chi connectivity index (χ2n) is 8.91. The van der Waals surface area contributed by atoms with Gasteiger partial charge in [-0.3, -0.25) is 13.2 Å². The van der Waals surface area contributed by atoms with Gasteiger partial charge in [0.15, 0.2) is 0 Å². The van der Waals surface area contributed by atoms with E-state index in [0.29, 0.717) is 12.1 Å². The molecule has 39 heavy (non-hydrogen) atoms. The summed E-state index contributed by atoms with van der Waals surface area (Å²) in [6, 6.07) is 20.0. The molecule has 0 saturated heterocycles. The molecule has 0 fully saturated rings. The van der Waals surface area contributed by atoms with Crippen molar-refractivity contribution in [3.8, 4) is 0 Å². The van der Waals surface area contributed by atoms with E-state index in [1.807, 2.05) is 38.1 Å². The molecule has 0 atom stereocenters. The van der Waals surface area contributed by atoms with E-state index in [1.54, 1.807) is 29.2 Å². The molecule has 210 valence electrons. The summed E-state index contributed by atoms with van der Waals surface area (Å²) in [6.07, 6.45) is 0.653. The lowest BCUT2D eigenvalue weighted by molar-refractivity contribution is -0.140. The van der Waals surface area contributed by atoms with Gasteiger partial charge in [0.1, 0.15) is 0 Å². The summed E-state index contributed by atoms with van der Waals surface area (Å²) in [4.78, 5) is 13.4. The minimum atomic E-state index is -3.97. The van der Waals surface area contributed by atoms with Crippen LogP contribution in [0, 0.1) is 13.8 Å². The number of hydrogen-bond acceptors (Lipinski definition) is 9. The van der Waals surface area contributed by atoms with Gasteiger partial charge < -0.3 is 9.64 Å². The minimum Gasteiger partial charge on any atom is -0.469 e. The van der Waals surface area contributed by atoms with Gasteiger partial charge in [0.2, 0.25) is 0 Å². The Kier molecular flexibility index (Phi) is 10.6. The Bertz CT molecular complexity index is 1370. The molecule has 0 aliphatic heterocycles. The molecule has 3 aromatic carbocycles. The van der Waals surface area contributed by atoms with Crippen LogP contribution in [0.15, 0.2) is 82.6 Å². The van der Waals surface area contributed by atoms with E-state index in [2.05, 4.69) is 0 Å². The summed E-state index contributed by atoms with van der Waals surface area (Å²) < 4.78 is 65.8. The zero-order valence-corrected chi connectivity index (χ0v) is 23.8. The molecule has 0 aliphatic rings. The number of rotatable bonds is 14. The average molecular weight is 576 g/mol. The third kappa shape index (κ3) is 9.17. The Balaban J connectivity index is 1.72. The van der Waals surface area contributed by atoms with Crippen molar-refractivity contribution in [2.24, 2.45) is 0 Å². The standard InChI is InChI=1S/C28H33NO8S2/c1-22-7-12-26(13-8-22)38(31,32)36-19-17-29(25-6-4-5-24(21-25)11-16-28(30)35-3)18-20-37-39(33,34)27-14-9-23(2)10-15-27/h4-10,12-15,21H,11,16-20H2,1-3H3. The van der Waals surface area contributed by atoms with Crippen molar-refractivity contribution >= 4 is 31.9 Å². The van der Waals surface area contributed by atoms with E-state index in [9.17, 15) is 21.6 Å². The molecular formula is C28H33NO8S2. The van der Waals surface area contributed by atoms with Gasteiger partial charge in [-0.2, -0.15) is 16.8 Å². The number of carbonyl (C=O) groups excluding carboxylic acids is 1. The van der Waals surface area contributed by atoms with Gasteiger partial charge in [-0.25, -0.2) is 0 Å². The highest BCUT2D eigenvalue weighted by Gasteiger charge is 2.18. The van der Waals surface area contributed by atoms with Gasteiger partial charge in [0, 0.05) is 25.2 Å². The molecule has 0 radical (unpaired) electrons. The van der Waals surface area contributed by atoms with Gasteiger partial charge >= 0.3 is 5.97 Å². The Labute approximate surface area is 230 Å². The topological polar surface area (TPSA) is 116 Å². The minimum absolute atomic E-state index is 0.0528. The molecule has 9 nitrogen and oxygen atoms in total. The fourth-order valence-corrected chi connectivity index (χ4v) is 5.49. The number of esters is 1. The zero-order chi connectivity index (χ0) is 28.5. The highest BCUT2D eigenvalue weighted by Crippen LogP contribution is 2.20. The number of hydrogen-bond donors (Lipinski definition) is 0. The third-order valence-electron chi connectivity index (χ3n) is 5.94. The largest absolute Gasteiger partial charge is 0.469 e. The van der Waals surface area contributed by atoms with Crippen molar-refractivity contribution in [1.82, 2.24) is 0 Å². The van der Waals surface area contributed by atoms with Gasteiger partial charge in [-0.1, -0.05) is 47.5 Å². The molecule has 3 rings (SSSR count). The highest BCUT2D eigenvalue weighted by atomic mass is 32.2. The van der Waals surface area contributed by atoms with E-state index in [0.717, 1.165) is 16.7 Å². The first-order chi connectivity index (χ1) is 18.5. The lowest BCUT2D eigenvalue weighted by atomic mass is 10.1. The molecule has 0 aliphatic carbocycles. The van der Waals surface area contributed by atoms with Gasteiger partial charge in [-0.05, 0) is 62.2 Å². The molecule has 0 bridgehead atoms. The highest BCUT2D eigenvalue weighted by molar-refractivity contribution is 7.87. The lowest BCUT2D eigenvalue weighted by Crippen LogP contribution is -2.32. The maximum atomic E-state index is 12.6. The van der Waals surface area contributed by atoms with Crippen LogP contribution in [0.1, 0.15) is 23.1 Å². The van der Waals surface area contributed by atoms with E-state index in [-0.39, 0.29) is 48.5 Å². The van der Waals surface area contributed by atoms with E-state index >= 15 is 0 Å². The number of ether oxygens (including phenoxy) is 1. The van der Waals surface area contributed by atoms with Crippen LogP contribution in [0.4, 0.5) is 5.69 Å². The van der Waals surface area contributed by atoms with Crippen molar-refractivity contribution in [3.05, 3.63) is 89.5 Å². The second-order valence-corrected chi connectivity index (χ2v) is 12.1.